The topological polar surface area (TPSA) is 88.1 Å². The van der Waals surface area contributed by atoms with Gasteiger partial charge < -0.3 is 23.7 Å². The zero-order chi connectivity index (χ0) is 24.0. The van der Waals surface area contributed by atoms with Crippen LogP contribution in [0.2, 0.25) is 0 Å². The summed E-state index contributed by atoms with van der Waals surface area (Å²) in [7, 11) is 2.59. The van der Waals surface area contributed by atoms with Crippen molar-refractivity contribution in [3.63, 3.8) is 0 Å². The molecule has 0 aromatic rings. The summed E-state index contributed by atoms with van der Waals surface area (Å²) in [4.78, 5) is 35.6. The van der Waals surface area contributed by atoms with Crippen LogP contribution in [0.25, 0.3) is 0 Å². The van der Waals surface area contributed by atoms with Crippen molar-refractivity contribution in [2.24, 2.45) is 34.5 Å². The van der Waals surface area contributed by atoms with Crippen LogP contribution in [-0.2, 0) is 23.7 Å². The van der Waals surface area contributed by atoms with Crippen LogP contribution in [0, 0.1) is 34.5 Å². The largest absolute Gasteiger partial charge is 0.508 e. The maximum Gasteiger partial charge on any atom is 0.508 e. The monoisotopic (exact) mass is 460 g/mol. The Bertz CT molecular complexity index is 876. The highest BCUT2D eigenvalue weighted by molar-refractivity contribution is 5.61. The Hall–Kier alpha value is -2.31. The Morgan fingerprint density at radius 1 is 1.03 bits per heavy atom. The van der Waals surface area contributed by atoms with E-state index in [4.69, 9.17) is 14.2 Å². The van der Waals surface area contributed by atoms with Gasteiger partial charge in [0.2, 0.25) is 0 Å². The lowest BCUT2D eigenvalue weighted by atomic mass is 9.49. The maximum atomic E-state index is 12.2. The number of methoxy groups -OCH3 is 2. The third-order valence-corrected chi connectivity index (χ3v) is 9.36. The number of carbonyl (C=O) groups is 3. The minimum Gasteiger partial charge on any atom is -0.438 e. The van der Waals surface area contributed by atoms with Crippen LogP contribution >= 0.6 is 0 Å². The number of carbonyl (C=O) groups excluding carboxylic acids is 3. The van der Waals surface area contributed by atoms with Gasteiger partial charge >= 0.3 is 12.3 Å². The fourth-order valence-corrected chi connectivity index (χ4v) is 7.61. The minimum atomic E-state index is -0.734. The summed E-state index contributed by atoms with van der Waals surface area (Å²) in [5, 5.41) is 0. The summed E-state index contributed by atoms with van der Waals surface area (Å²) in [6.45, 7) is 6.59. The van der Waals surface area contributed by atoms with Crippen molar-refractivity contribution in [3.05, 3.63) is 23.3 Å². The van der Waals surface area contributed by atoms with Crippen LogP contribution in [0.5, 0.6) is 0 Å². The number of ether oxygens (including phenoxy) is 4. The Morgan fingerprint density at radius 2 is 1.73 bits per heavy atom. The van der Waals surface area contributed by atoms with Crippen LogP contribution < -0.4 is 0 Å². The fourth-order valence-electron chi connectivity index (χ4n) is 7.61. The molecule has 7 heteroatoms. The van der Waals surface area contributed by atoms with E-state index in [1.54, 1.807) is 0 Å². The molecule has 0 aromatic carbocycles. The summed E-state index contributed by atoms with van der Waals surface area (Å²) in [5.41, 5.74) is 2.25. The van der Waals surface area contributed by atoms with Crippen molar-refractivity contribution in [1.29, 1.82) is 0 Å². The lowest BCUT2D eigenvalue weighted by Gasteiger charge is -2.56. The molecule has 2 unspecified atom stereocenters. The van der Waals surface area contributed by atoms with Crippen molar-refractivity contribution in [3.8, 4) is 0 Å². The molecule has 182 valence electrons. The average molecular weight is 461 g/mol. The van der Waals surface area contributed by atoms with E-state index in [2.05, 4.69) is 37.7 Å². The second-order valence-corrected chi connectivity index (χ2v) is 10.7. The molecule has 0 N–H and O–H groups in total. The molecule has 0 spiro atoms. The highest BCUT2D eigenvalue weighted by Crippen LogP contribution is 2.66. The first-order chi connectivity index (χ1) is 15.7. The predicted molar refractivity (Wildman–Crippen MR) is 120 cm³/mol. The molecule has 0 bridgehead atoms. The molecule has 0 saturated heterocycles. The molecule has 4 aliphatic rings. The first-order valence-electron chi connectivity index (χ1n) is 12.0. The Labute approximate surface area is 195 Å². The second kappa shape index (κ2) is 8.80. The van der Waals surface area contributed by atoms with Crippen LogP contribution in [0.3, 0.4) is 0 Å². The van der Waals surface area contributed by atoms with Crippen molar-refractivity contribution in [1.82, 2.24) is 0 Å². The molecule has 0 radical (unpaired) electrons. The zero-order valence-electron chi connectivity index (χ0n) is 20.3. The average Bonchev–Trinajstić information content (AvgIpc) is 3.16. The number of hydrogen-bond acceptors (Lipinski definition) is 7. The highest BCUT2D eigenvalue weighted by Gasteiger charge is 2.60. The molecule has 4 rings (SSSR count). The number of rotatable bonds is 4. The third-order valence-electron chi connectivity index (χ3n) is 9.36. The zero-order valence-corrected chi connectivity index (χ0v) is 20.3. The summed E-state index contributed by atoms with van der Waals surface area (Å²) >= 11 is 0. The molecule has 8 atom stereocenters. The van der Waals surface area contributed by atoms with Crippen LogP contribution in [0.15, 0.2) is 23.3 Å². The van der Waals surface area contributed by atoms with Crippen LogP contribution in [-0.4, -0.2) is 45.0 Å². The van der Waals surface area contributed by atoms with Gasteiger partial charge in [0.15, 0.2) is 0 Å². The van der Waals surface area contributed by atoms with Crippen molar-refractivity contribution in [2.45, 2.75) is 71.5 Å². The first kappa shape index (κ1) is 23.8. The third kappa shape index (κ3) is 3.77. The van der Waals surface area contributed by atoms with Crippen LogP contribution in [0.1, 0.15) is 59.3 Å². The maximum absolute atomic E-state index is 12.2. The van der Waals surface area contributed by atoms with Crippen molar-refractivity contribution < 1.29 is 33.3 Å². The predicted octanol–water partition coefficient (Wildman–Crippen LogP) is 5.23. The molecule has 0 heterocycles. The van der Waals surface area contributed by atoms with E-state index in [1.165, 1.54) is 19.8 Å². The van der Waals surface area contributed by atoms with Gasteiger partial charge in [0, 0.05) is 24.2 Å². The molecule has 3 fully saturated rings. The molecule has 0 amide bonds. The number of fused-ring (bicyclic) bond motifs is 5. The van der Waals surface area contributed by atoms with E-state index in [-0.39, 0.29) is 17.3 Å². The van der Waals surface area contributed by atoms with Gasteiger partial charge in [0.25, 0.3) is 0 Å². The van der Waals surface area contributed by atoms with Gasteiger partial charge in [-0.1, -0.05) is 44.1 Å². The van der Waals surface area contributed by atoms with E-state index in [9.17, 15) is 14.4 Å². The Morgan fingerprint density at radius 3 is 2.39 bits per heavy atom. The van der Waals surface area contributed by atoms with E-state index in [0.29, 0.717) is 24.7 Å². The van der Waals surface area contributed by atoms with Crippen LogP contribution in [0.4, 0.5) is 9.59 Å². The summed E-state index contributed by atoms with van der Waals surface area (Å²) in [6.07, 6.45) is 8.28. The quantitative estimate of drug-likeness (QED) is 0.419. The molecular formula is C26H36O7. The highest BCUT2D eigenvalue weighted by atomic mass is 16.7. The van der Waals surface area contributed by atoms with Gasteiger partial charge in [0.1, 0.15) is 18.5 Å². The fraction of sp³-hybridized carbons (Fsp3) is 0.731. The van der Waals surface area contributed by atoms with Crippen molar-refractivity contribution >= 4 is 18.6 Å². The summed E-state index contributed by atoms with van der Waals surface area (Å²) < 4.78 is 20.8. The molecule has 3 saturated carbocycles. The van der Waals surface area contributed by atoms with E-state index in [1.807, 2.05) is 0 Å². The number of aldehydes is 1. The van der Waals surface area contributed by atoms with Gasteiger partial charge in [-0.15, -0.1) is 0 Å². The lowest BCUT2D eigenvalue weighted by molar-refractivity contribution is -0.114. The lowest BCUT2D eigenvalue weighted by Crippen LogP contribution is -2.54. The Balaban J connectivity index is 1.69. The van der Waals surface area contributed by atoms with E-state index in [0.717, 1.165) is 37.5 Å². The Kier molecular flexibility index (Phi) is 6.36. The first-order valence-corrected chi connectivity index (χ1v) is 12.0. The molecule has 4 aliphatic carbocycles. The molecule has 0 aliphatic heterocycles. The summed E-state index contributed by atoms with van der Waals surface area (Å²) in [5.74, 6) is 1.10. The van der Waals surface area contributed by atoms with Crippen molar-refractivity contribution in [2.75, 3.05) is 14.2 Å². The van der Waals surface area contributed by atoms with Gasteiger partial charge in [-0.2, -0.15) is 0 Å². The van der Waals surface area contributed by atoms with Gasteiger partial charge in [0.05, 0.1) is 14.2 Å². The smallest absolute Gasteiger partial charge is 0.438 e. The van der Waals surface area contributed by atoms with Gasteiger partial charge in [-0.3, -0.25) is 0 Å². The SMILES string of the molecule is COC(=O)OC1CC2=CC=C3[C@@H]4CC[C@H]([C@H](C)C=O)[C@@]4(C)CC[C@@H]3[C@@]2(C)C(OC(=O)OC)C1. The standard InChI is InChI=1S/C26H36O7/c1-15(14-27)19-8-9-20-18-7-6-16-12-17(32-23(28)30-4)13-22(33-24(29)31-5)26(16,3)21(18)10-11-25(19,20)2/h6-7,14-15,17,19-22H,8-13H2,1-5H3/t15-,17?,19-,20+,21+,22?,25-,26+/m1/s1. The molecule has 33 heavy (non-hydrogen) atoms. The van der Waals surface area contributed by atoms with E-state index < -0.39 is 29.9 Å². The normalized spacial score (nSPS) is 40.1. The number of hydrogen-bond donors (Lipinski definition) is 0. The number of allylic oxidation sites excluding steroid dienone is 3. The minimum absolute atomic E-state index is 0.0590. The van der Waals surface area contributed by atoms with E-state index >= 15 is 0 Å². The summed E-state index contributed by atoms with van der Waals surface area (Å²) in [6, 6.07) is 0. The second-order valence-electron chi connectivity index (χ2n) is 10.7. The molecule has 0 aromatic heterocycles. The molecular weight excluding hydrogens is 424 g/mol. The molecule has 7 nitrogen and oxygen atoms in total. The van der Waals surface area contributed by atoms with Gasteiger partial charge in [-0.05, 0) is 48.9 Å². The van der Waals surface area contributed by atoms with Gasteiger partial charge in [-0.25, -0.2) is 9.59 Å².